The average molecular weight is 372 g/mol. The molecule has 0 saturated carbocycles. The van der Waals surface area contributed by atoms with Crippen molar-refractivity contribution in [2.24, 2.45) is 0 Å². The lowest BCUT2D eigenvalue weighted by Crippen LogP contribution is -2.43. The molecule has 4 nitrogen and oxygen atoms in total. The number of carbonyl (C=O) groups excluding carboxylic acids is 1. The van der Waals surface area contributed by atoms with Crippen molar-refractivity contribution >= 4 is 25.7 Å². The minimum absolute atomic E-state index is 0.171. The Kier molecular flexibility index (Phi) is 6.13. The fourth-order valence-electron chi connectivity index (χ4n) is 2.12. The van der Waals surface area contributed by atoms with Crippen LogP contribution in [0.3, 0.4) is 0 Å². The molecule has 0 atom stereocenters. The van der Waals surface area contributed by atoms with Gasteiger partial charge in [0.25, 0.3) is 0 Å². The summed E-state index contributed by atoms with van der Waals surface area (Å²) in [7, 11) is -1.83. The first-order valence-corrected chi connectivity index (χ1v) is 11.9. The molecule has 0 aliphatic heterocycles. The Bertz CT molecular complexity index is 731. The highest BCUT2D eigenvalue weighted by Crippen LogP contribution is 2.37. The Morgan fingerprint density at radius 2 is 1.46 bits per heavy atom. The summed E-state index contributed by atoms with van der Waals surface area (Å²) in [6, 6.07) is 15.2. The van der Waals surface area contributed by atoms with E-state index >= 15 is 0 Å². The molecule has 140 valence electrons. The third-order valence-electron chi connectivity index (χ3n) is 4.72. The van der Waals surface area contributed by atoms with E-state index in [9.17, 15) is 4.79 Å². The van der Waals surface area contributed by atoms with Gasteiger partial charge in [0.1, 0.15) is 5.75 Å². The average Bonchev–Trinajstić information content (AvgIpc) is 2.56. The lowest BCUT2D eigenvalue weighted by Gasteiger charge is -2.36. The topological polar surface area (TPSA) is 47.6 Å². The van der Waals surface area contributed by atoms with E-state index in [0.29, 0.717) is 12.2 Å². The fraction of sp³-hybridized carbons (Fsp3) is 0.381. The minimum Gasteiger partial charge on any atom is -0.544 e. The first-order chi connectivity index (χ1) is 12.1. The van der Waals surface area contributed by atoms with Crippen LogP contribution in [0.2, 0.25) is 18.1 Å². The van der Waals surface area contributed by atoms with E-state index in [1.807, 2.05) is 36.4 Å². The Labute approximate surface area is 157 Å². The van der Waals surface area contributed by atoms with Gasteiger partial charge >= 0.3 is 5.97 Å². The van der Waals surface area contributed by atoms with Gasteiger partial charge < -0.3 is 14.5 Å². The van der Waals surface area contributed by atoms with Crippen LogP contribution in [0.25, 0.3) is 0 Å². The summed E-state index contributed by atoms with van der Waals surface area (Å²) in [5, 5.41) is 3.50. The molecule has 0 aliphatic carbocycles. The summed E-state index contributed by atoms with van der Waals surface area (Å²) < 4.78 is 11.3. The lowest BCUT2D eigenvalue weighted by atomic mass is 10.2. The van der Waals surface area contributed by atoms with Crippen molar-refractivity contribution in [2.45, 2.75) is 45.8 Å². The lowest BCUT2D eigenvalue weighted by molar-refractivity contribution is 0.0526. The van der Waals surface area contributed by atoms with Crippen LogP contribution in [-0.2, 0) is 4.74 Å². The van der Waals surface area contributed by atoms with Crippen molar-refractivity contribution in [3.05, 3.63) is 54.1 Å². The molecule has 0 fully saturated rings. The molecule has 1 N–H and O–H groups in total. The molecule has 0 spiro atoms. The van der Waals surface area contributed by atoms with E-state index in [2.05, 4.69) is 39.2 Å². The van der Waals surface area contributed by atoms with Crippen molar-refractivity contribution in [3.8, 4) is 5.75 Å². The summed E-state index contributed by atoms with van der Waals surface area (Å²) >= 11 is 0. The van der Waals surface area contributed by atoms with Gasteiger partial charge in [-0.2, -0.15) is 0 Å². The van der Waals surface area contributed by atoms with E-state index in [0.717, 1.165) is 17.1 Å². The second kappa shape index (κ2) is 7.95. The summed E-state index contributed by atoms with van der Waals surface area (Å²) in [4.78, 5) is 11.7. The second-order valence-corrected chi connectivity index (χ2v) is 12.5. The summed E-state index contributed by atoms with van der Waals surface area (Å²) in [5.41, 5.74) is 2.43. The van der Waals surface area contributed by atoms with E-state index < -0.39 is 8.32 Å². The molecule has 2 rings (SSSR count). The molecule has 0 bridgehead atoms. The SMILES string of the molecule is CCOC(=O)c1ccc(Nc2ccc(O[Si](C)(C)C(C)(C)C)cc2)cc1. The molecule has 5 heteroatoms. The van der Waals surface area contributed by atoms with Gasteiger partial charge in [0.05, 0.1) is 12.2 Å². The highest BCUT2D eigenvalue weighted by atomic mass is 28.4. The smallest absolute Gasteiger partial charge is 0.338 e. The van der Waals surface area contributed by atoms with Gasteiger partial charge in [-0.05, 0) is 73.6 Å². The Morgan fingerprint density at radius 3 is 1.92 bits per heavy atom. The Balaban J connectivity index is 2.02. The van der Waals surface area contributed by atoms with Gasteiger partial charge in [-0.3, -0.25) is 0 Å². The third kappa shape index (κ3) is 5.11. The standard InChI is InChI=1S/C21H29NO3Si/c1-7-24-20(23)16-8-10-17(11-9-16)22-18-12-14-19(15-13-18)25-26(5,6)21(2,3)4/h8-15,22H,7H2,1-6H3. The van der Waals surface area contributed by atoms with E-state index in [4.69, 9.17) is 9.16 Å². The molecular weight excluding hydrogens is 342 g/mol. The van der Waals surface area contributed by atoms with Gasteiger partial charge in [-0.25, -0.2) is 4.79 Å². The van der Waals surface area contributed by atoms with Gasteiger partial charge in [-0.15, -0.1) is 0 Å². The van der Waals surface area contributed by atoms with Gasteiger partial charge in [-0.1, -0.05) is 20.8 Å². The largest absolute Gasteiger partial charge is 0.544 e. The van der Waals surface area contributed by atoms with Crippen LogP contribution in [-0.4, -0.2) is 20.9 Å². The molecule has 0 aromatic heterocycles. The van der Waals surface area contributed by atoms with Crippen molar-refractivity contribution in [1.29, 1.82) is 0 Å². The zero-order valence-electron chi connectivity index (χ0n) is 16.6. The van der Waals surface area contributed by atoms with Crippen LogP contribution >= 0.6 is 0 Å². The molecule has 2 aromatic carbocycles. The number of rotatable bonds is 6. The molecule has 0 heterocycles. The van der Waals surface area contributed by atoms with E-state index in [1.54, 1.807) is 19.1 Å². The predicted molar refractivity (Wildman–Crippen MR) is 110 cm³/mol. The van der Waals surface area contributed by atoms with Crippen LogP contribution in [0.4, 0.5) is 11.4 Å². The van der Waals surface area contributed by atoms with E-state index in [1.165, 1.54) is 0 Å². The normalized spacial score (nSPS) is 11.8. The van der Waals surface area contributed by atoms with Gasteiger partial charge in [0, 0.05) is 11.4 Å². The maximum Gasteiger partial charge on any atom is 0.338 e. The zero-order valence-corrected chi connectivity index (χ0v) is 17.6. The summed E-state index contributed by atoms with van der Waals surface area (Å²) in [6.45, 7) is 13.3. The summed E-state index contributed by atoms with van der Waals surface area (Å²) in [5.74, 6) is 0.603. The maximum atomic E-state index is 11.7. The molecular formula is C21H29NO3Si. The molecule has 0 amide bonds. The number of nitrogens with one attached hydrogen (secondary N) is 1. The number of esters is 1. The fourth-order valence-corrected chi connectivity index (χ4v) is 3.16. The number of benzene rings is 2. The molecule has 2 aromatic rings. The van der Waals surface area contributed by atoms with Gasteiger partial charge in [0.15, 0.2) is 0 Å². The van der Waals surface area contributed by atoms with Crippen LogP contribution in [0, 0.1) is 0 Å². The number of anilines is 2. The minimum atomic E-state index is -1.83. The Morgan fingerprint density at radius 1 is 0.962 bits per heavy atom. The predicted octanol–water partition coefficient (Wildman–Crippen LogP) is 5.99. The molecule has 0 saturated heterocycles. The Hall–Kier alpha value is -2.27. The maximum absolute atomic E-state index is 11.7. The van der Waals surface area contributed by atoms with Crippen LogP contribution in [0.15, 0.2) is 48.5 Å². The quantitative estimate of drug-likeness (QED) is 0.500. The molecule has 0 aliphatic rings. The monoisotopic (exact) mass is 371 g/mol. The van der Waals surface area contributed by atoms with Crippen molar-refractivity contribution < 1.29 is 14.0 Å². The zero-order chi connectivity index (χ0) is 19.4. The number of carbonyl (C=O) groups is 1. The summed E-state index contributed by atoms with van der Waals surface area (Å²) in [6.07, 6.45) is 0. The third-order valence-corrected chi connectivity index (χ3v) is 9.08. The van der Waals surface area contributed by atoms with Crippen molar-refractivity contribution in [3.63, 3.8) is 0 Å². The van der Waals surface area contributed by atoms with E-state index in [-0.39, 0.29) is 11.0 Å². The van der Waals surface area contributed by atoms with Crippen molar-refractivity contribution in [2.75, 3.05) is 11.9 Å². The molecule has 0 radical (unpaired) electrons. The van der Waals surface area contributed by atoms with Crippen LogP contribution < -0.4 is 9.74 Å². The number of hydrogen-bond donors (Lipinski definition) is 1. The second-order valence-electron chi connectivity index (χ2n) is 7.81. The first-order valence-electron chi connectivity index (χ1n) is 8.96. The number of ether oxygens (including phenoxy) is 1. The molecule has 0 unspecified atom stereocenters. The van der Waals surface area contributed by atoms with Crippen LogP contribution in [0.5, 0.6) is 5.75 Å². The van der Waals surface area contributed by atoms with Crippen molar-refractivity contribution in [1.82, 2.24) is 0 Å². The highest BCUT2D eigenvalue weighted by molar-refractivity contribution is 6.74. The highest BCUT2D eigenvalue weighted by Gasteiger charge is 2.38. The number of hydrogen-bond acceptors (Lipinski definition) is 4. The van der Waals surface area contributed by atoms with Crippen LogP contribution in [0.1, 0.15) is 38.1 Å². The van der Waals surface area contributed by atoms with Gasteiger partial charge in [0.2, 0.25) is 8.32 Å². The first kappa shape index (κ1) is 20.0. The molecule has 26 heavy (non-hydrogen) atoms.